The van der Waals surface area contributed by atoms with Gasteiger partial charge in [-0.2, -0.15) is 0 Å². The Balaban J connectivity index is 3.14. The normalized spacial score (nSPS) is 12.8. The van der Waals surface area contributed by atoms with Crippen LogP contribution in [0.15, 0.2) is 21.9 Å². The minimum absolute atomic E-state index is 0.235. The van der Waals surface area contributed by atoms with E-state index in [1.165, 1.54) is 21.4 Å². The lowest BCUT2D eigenvalue weighted by atomic mass is 10.2. The Labute approximate surface area is 90.3 Å². The molecule has 1 rings (SSSR count). The molecule has 1 aromatic rings. The summed E-state index contributed by atoms with van der Waals surface area (Å²) in [5, 5.41) is 0.775. The molecule has 1 aromatic heterocycles. The average molecular weight is 261 g/mol. The second kappa shape index (κ2) is 4.59. The van der Waals surface area contributed by atoms with Crippen LogP contribution in [0.1, 0.15) is 6.92 Å². The van der Waals surface area contributed by atoms with Gasteiger partial charge < -0.3 is 4.57 Å². The van der Waals surface area contributed by atoms with Crippen LogP contribution in [0.5, 0.6) is 0 Å². The van der Waals surface area contributed by atoms with Crippen molar-refractivity contribution in [3.05, 3.63) is 33.1 Å². The topological polar surface area (TPSA) is 44.0 Å². The number of hydrogen-bond acceptors (Lipinski definition) is 2. The number of nitrogens with zero attached hydrogens (tertiary/aromatic N) is 2. The van der Waals surface area contributed by atoms with Crippen LogP contribution >= 0.6 is 15.9 Å². The molecular weight excluding hydrogens is 248 g/mol. The molecule has 0 amide bonds. The molecule has 0 spiro atoms. The molecule has 0 saturated carbocycles. The van der Waals surface area contributed by atoms with Crippen LogP contribution in [0.4, 0.5) is 0 Å². The van der Waals surface area contributed by atoms with Crippen LogP contribution in [-0.2, 0) is 13.6 Å². The predicted molar refractivity (Wildman–Crippen MR) is 58.9 cm³/mol. The van der Waals surface area contributed by atoms with Gasteiger partial charge in [-0.15, -0.1) is 0 Å². The Hall–Kier alpha value is -0.840. The first kappa shape index (κ1) is 11.2. The first-order valence-electron chi connectivity index (χ1n) is 4.38. The van der Waals surface area contributed by atoms with E-state index in [4.69, 9.17) is 0 Å². The summed E-state index contributed by atoms with van der Waals surface area (Å²) in [5.74, 6) is 0.266. The molecule has 0 aliphatic heterocycles. The maximum Gasteiger partial charge on any atom is 0.330 e. The highest BCUT2D eigenvalue weighted by Crippen LogP contribution is 2.00. The molecule has 0 saturated heterocycles. The Bertz CT molecular complexity index is 422. The Morgan fingerprint density at radius 1 is 1.50 bits per heavy atom. The zero-order valence-electron chi connectivity index (χ0n) is 8.24. The molecule has 1 atom stereocenters. The van der Waals surface area contributed by atoms with Gasteiger partial charge in [-0.1, -0.05) is 22.9 Å². The van der Waals surface area contributed by atoms with Gasteiger partial charge in [0.1, 0.15) is 0 Å². The van der Waals surface area contributed by atoms with Crippen LogP contribution in [0, 0.1) is 5.92 Å². The monoisotopic (exact) mass is 260 g/mol. The summed E-state index contributed by atoms with van der Waals surface area (Å²) in [7, 11) is 1.64. The van der Waals surface area contributed by atoms with Crippen LogP contribution in [0.3, 0.4) is 0 Å². The van der Waals surface area contributed by atoms with E-state index in [2.05, 4.69) is 15.9 Å². The lowest BCUT2D eigenvalue weighted by Crippen LogP contribution is -2.39. The van der Waals surface area contributed by atoms with Crippen molar-refractivity contribution in [2.45, 2.75) is 13.5 Å². The van der Waals surface area contributed by atoms with Gasteiger partial charge in [-0.25, -0.2) is 4.79 Å². The van der Waals surface area contributed by atoms with Crippen molar-refractivity contribution in [3.8, 4) is 0 Å². The zero-order valence-corrected chi connectivity index (χ0v) is 9.82. The third-order valence-corrected chi connectivity index (χ3v) is 3.10. The van der Waals surface area contributed by atoms with Crippen molar-refractivity contribution in [3.63, 3.8) is 0 Å². The molecule has 0 radical (unpaired) electrons. The Kier molecular flexibility index (Phi) is 3.69. The van der Waals surface area contributed by atoms with E-state index in [1.807, 2.05) is 6.92 Å². The number of aryl methyl sites for hydroxylation is 1. The summed E-state index contributed by atoms with van der Waals surface area (Å²) in [6.45, 7) is 2.44. The molecule has 0 N–H and O–H groups in total. The molecule has 0 fully saturated rings. The minimum atomic E-state index is -0.259. The lowest BCUT2D eigenvalue weighted by Gasteiger charge is -2.10. The van der Waals surface area contributed by atoms with Crippen LogP contribution in [0.25, 0.3) is 0 Å². The van der Waals surface area contributed by atoms with Gasteiger partial charge >= 0.3 is 5.69 Å². The molecule has 1 heterocycles. The molecule has 4 nitrogen and oxygen atoms in total. The van der Waals surface area contributed by atoms with Gasteiger partial charge in [0.25, 0.3) is 5.56 Å². The highest BCUT2D eigenvalue weighted by Gasteiger charge is 2.06. The van der Waals surface area contributed by atoms with Crippen LogP contribution in [0.2, 0.25) is 0 Å². The fourth-order valence-corrected chi connectivity index (χ4v) is 1.35. The standard InChI is InChI=1S/C9H13BrN2O2/c1-7(5-10)6-12-8(13)3-4-11(2)9(12)14/h3-4,7H,5-6H2,1-2H3. The summed E-state index contributed by atoms with van der Waals surface area (Å²) in [5.41, 5.74) is -0.494. The molecule has 5 heteroatoms. The second-order valence-corrected chi connectivity index (χ2v) is 4.07. The quantitative estimate of drug-likeness (QED) is 0.747. The third kappa shape index (κ3) is 2.35. The molecule has 14 heavy (non-hydrogen) atoms. The number of alkyl halides is 1. The van der Waals surface area contributed by atoms with Crippen molar-refractivity contribution in [2.75, 3.05) is 5.33 Å². The van der Waals surface area contributed by atoms with Crippen LogP contribution in [-0.4, -0.2) is 14.5 Å². The molecule has 1 unspecified atom stereocenters. The summed E-state index contributed by atoms with van der Waals surface area (Å²) in [6.07, 6.45) is 1.49. The van der Waals surface area contributed by atoms with Crippen LogP contribution < -0.4 is 11.2 Å². The van der Waals surface area contributed by atoms with E-state index >= 15 is 0 Å². The number of halogens is 1. The third-order valence-electron chi connectivity index (χ3n) is 2.00. The van der Waals surface area contributed by atoms with Crippen molar-refractivity contribution < 1.29 is 0 Å². The van der Waals surface area contributed by atoms with Gasteiger partial charge in [-0.3, -0.25) is 9.36 Å². The van der Waals surface area contributed by atoms with E-state index < -0.39 is 0 Å². The summed E-state index contributed by atoms with van der Waals surface area (Å²) < 4.78 is 2.66. The van der Waals surface area contributed by atoms with Gasteiger partial charge in [0.05, 0.1) is 0 Å². The number of aromatic nitrogens is 2. The van der Waals surface area contributed by atoms with E-state index in [0.717, 1.165) is 5.33 Å². The number of rotatable bonds is 3. The molecule has 0 aliphatic carbocycles. The first-order chi connectivity index (χ1) is 6.56. The summed E-state index contributed by atoms with van der Waals surface area (Å²) >= 11 is 3.32. The van der Waals surface area contributed by atoms with Gasteiger partial charge in [0.15, 0.2) is 0 Å². The fraction of sp³-hybridized carbons (Fsp3) is 0.556. The summed E-state index contributed by atoms with van der Waals surface area (Å²) in [6, 6.07) is 1.41. The van der Waals surface area contributed by atoms with E-state index in [0.29, 0.717) is 6.54 Å². The Morgan fingerprint density at radius 2 is 2.14 bits per heavy atom. The highest BCUT2D eigenvalue weighted by atomic mass is 79.9. The van der Waals surface area contributed by atoms with Gasteiger partial charge in [0.2, 0.25) is 0 Å². The maximum atomic E-state index is 11.6. The SMILES string of the molecule is CC(CBr)Cn1c(=O)ccn(C)c1=O. The van der Waals surface area contributed by atoms with E-state index in [1.54, 1.807) is 7.05 Å². The summed E-state index contributed by atoms with van der Waals surface area (Å²) in [4.78, 5) is 22.9. The first-order valence-corrected chi connectivity index (χ1v) is 5.51. The highest BCUT2D eigenvalue weighted by molar-refractivity contribution is 9.09. The van der Waals surface area contributed by atoms with Crippen molar-refractivity contribution in [2.24, 2.45) is 13.0 Å². The largest absolute Gasteiger partial charge is 0.330 e. The predicted octanol–water partition coefficient (Wildman–Crippen LogP) is 0.578. The Morgan fingerprint density at radius 3 is 2.71 bits per heavy atom. The van der Waals surface area contributed by atoms with Gasteiger partial charge in [0, 0.05) is 31.2 Å². The smallest absolute Gasteiger partial charge is 0.303 e. The zero-order chi connectivity index (χ0) is 10.7. The van der Waals surface area contributed by atoms with E-state index in [-0.39, 0.29) is 17.2 Å². The molecular formula is C9H13BrN2O2. The minimum Gasteiger partial charge on any atom is -0.303 e. The average Bonchev–Trinajstić information content (AvgIpc) is 2.18. The second-order valence-electron chi connectivity index (χ2n) is 3.42. The van der Waals surface area contributed by atoms with Crippen molar-refractivity contribution in [1.82, 2.24) is 9.13 Å². The molecule has 0 aliphatic rings. The maximum absolute atomic E-state index is 11.6. The van der Waals surface area contributed by atoms with Gasteiger partial charge in [-0.05, 0) is 5.92 Å². The fourth-order valence-electron chi connectivity index (χ4n) is 1.14. The molecule has 0 bridgehead atoms. The number of hydrogen-bond donors (Lipinski definition) is 0. The lowest BCUT2D eigenvalue weighted by molar-refractivity contribution is 0.487. The van der Waals surface area contributed by atoms with Crippen molar-refractivity contribution >= 4 is 15.9 Å². The van der Waals surface area contributed by atoms with Crippen molar-refractivity contribution in [1.29, 1.82) is 0 Å². The molecule has 0 aromatic carbocycles. The molecule has 78 valence electrons. The van der Waals surface area contributed by atoms with E-state index in [9.17, 15) is 9.59 Å².